The second kappa shape index (κ2) is 7.31. The van der Waals surface area contributed by atoms with Gasteiger partial charge in [0.05, 0.1) is 22.3 Å². The summed E-state index contributed by atoms with van der Waals surface area (Å²) in [6, 6.07) is 7.28. The molecule has 0 aromatic heterocycles. The molecule has 0 saturated carbocycles. The summed E-state index contributed by atoms with van der Waals surface area (Å²) in [5.41, 5.74) is -1.61. The van der Waals surface area contributed by atoms with Crippen LogP contribution in [0, 0.1) is 0 Å². The summed E-state index contributed by atoms with van der Waals surface area (Å²) in [4.78, 5) is 45.4. The van der Waals surface area contributed by atoms with E-state index in [1.165, 1.54) is 36.4 Å². The minimum Gasteiger partial charge on any atom is -0.478 e. The fourth-order valence-corrected chi connectivity index (χ4v) is 2.40. The van der Waals surface area contributed by atoms with Gasteiger partial charge in [0.15, 0.2) is 0 Å². The van der Waals surface area contributed by atoms with Crippen LogP contribution in [0.5, 0.6) is 0 Å². The fraction of sp³-hybridized carbons (Fsp3) is 0. The molecule has 2 aromatic carbocycles. The highest BCUT2D eigenvalue weighted by Crippen LogP contribution is 2.22. The van der Waals surface area contributed by atoms with Crippen molar-refractivity contribution >= 4 is 36.0 Å². The maximum absolute atomic E-state index is 11.3. The van der Waals surface area contributed by atoms with Gasteiger partial charge in [0, 0.05) is 11.1 Å². The number of carboxylic acids is 4. The Hall–Kier alpha value is -3.94. The van der Waals surface area contributed by atoms with E-state index in [-0.39, 0.29) is 33.4 Å². The van der Waals surface area contributed by atoms with Crippen LogP contribution < -0.4 is 0 Å². The number of rotatable bonds is 6. The van der Waals surface area contributed by atoms with E-state index in [9.17, 15) is 39.6 Å². The Morgan fingerprint density at radius 1 is 0.538 bits per heavy atom. The lowest BCUT2D eigenvalue weighted by molar-refractivity contribution is 0.0675. The monoisotopic (exact) mass is 356 g/mol. The predicted octanol–water partition coefficient (Wildman–Crippen LogP) is 2.65. The number of hydrogen-bond donors (Lipinski definition) is 4. The van der Waals surface area contributed by atoms with Crippen molar-refractivity contribution < 1.29 is 39.6 Å². The van der Waals surface area contributed by atoms with Crippen molar-refractivity contribution in [3.8, 4) is 0 Å². The van der Waals surface area contributed by atoms with E-state index in [4.69, 9.17) is 0 Å². The number of aromatic carboxylic acids is 4. The number of benzene rings is 2. The zero-order valence-corrected chi connectivity index (χ0v) is 13.0. The van der Waals surface area contributed by atoms with Crippen LogP contribution in [0.25, 0.3) is 12.2 Å². The van der Waals surface area contributed by atoms with Crippen molar-refractivity contribution in [2.24, 2.45) is 0 Å². The van der Waals surface area contributed by atoms with Crippen molar-refractivity contribution in [3.63, 3.8) is 0 Å². The number of carbonyl (C=O) groups is 4. The van der Waals surface area contributed by atoms with Crippen molar-refractivity contribution in [2.45, 2.75) is 0 Å². The molecule has 0 heterocycles. The minimum absolute atomic E-state index is 0.177. The fourth-order valence-electron chi connectivity index (χ4n) is 2.40. The Bertz CT molecular complexity index is 814. The van der Waals surface area contributed by atoms with Gasteiger partial charge in [0.25, 0.3) is 0 Å². The minimum atomic E-state index is -1.38. The largest absolute Gasteiger partial charge is 0.478 e. The van der Waals surface area contributed by atoms with Crippen molar-refractivity contribution in [1.29, 1.82) is 0 Å². The molecule has 0 radical (unpaired) electrons. The van der Waals surface area contributed by atoms with Crippen LogP contribution in [0.3, 0.4) is 0 Å². The second-order valence-corrected chi connectivity index (χ2v) is 5.09. The molecule has 8 nitrogen and oxygen atoms in total. The molecular weight excluding hydrogens is 344 g/mol. The molecule has 0 aliphatic carbocycles. The van der Waals surface area contributed by atoms with Crippen molar-refractivity contribution in [2.75, 3.05) is 0 Å². The average Bonchev–Trinajstić information content (AvgIpc) is 2.58. The van der Waals surface area contributed by atoms with Crippen LogP contribution in [0.1, 0.15) is 52.6 Å². The first-order valence-corrected chi connectivity index (χ1v) is 7.11. The van der Waals surface area contributed by atoms with Gasteiger partial charge in [0.2, 0.25) is 0 Å². The van der Waals surface area contributed by atoms with Gasteiger partial charge in [-0.25, -0.2) is 19.2 Å². The van der Waals surface area contributed by atoms with Gasteiger partial charge in [-0.3, -0.25) is 0 Å². The highest BCUT2D eigenvalue weighted by atomic mass is 16.4. The Morgan fingerprint density at radius 2 is 0.769 bits per heavy atom. The Kier molecular flexibility index (Phi) is 5.17. The maximum Gasteiger partial charge on any atom is 0.336 e. The first-order chi connectivity index (χ1) is 12.2. The van der Waals surface area contributed by atoms with Crippen LogP contribution in [0.2, 0.25) is 0 Å². The van der Waals surface area contributed by atoms with Crippen molar-refractivity contribution in [1.82, 2.24) is 0 Å². The molecule has 0 saturated heterocycles. The van der Waals surface area contributed by atoms with E-state index in [1.807, 2.05) is 0 Å². The lowest BCUT2D eigenvalue weighted by atomic mass is 9.96. The van der Waals surface area contributed by atoms with Crippen LogP contribution in [-0.2, 0) is 0 Å². The molecule has 0 amide bonds. The van der Waals surface area contributed by atoms with Crippen LogP contribution in [0.4, 0.5) is 0 Å². The summed E-state index contributed by atoms with van der Waals surface area (Å²) in [5.74, 6) is -5.51. The molecule has 2 aromatic rings. The SMILES string of the molecule is O=C(O)c1cccc(C(=O)O)c1/C=C\c1c(C(=O)O)cccc1C(=O)O. The first-order valence-electron chi connectivity index (χ1n) is 7.11. The number of carboxylic acid groups (broad SMARTS) is 4. The quantitative estimate of drug-likeness (QED) is 0.577. The summed E-state index contributed by atoms with van der Waals surface area (Å²) in [6.07, 6.45) is 2.17. The van der Waals surface area contributed by atoms with E-state index in [0.29, 0.717) is 0 Å². The summed E-state index contributed by atoms with van der Waals surface area (Å²) >= 11 is 0. The predicted molar refractivity (Wildman–Crippen MR) is 89.6 cm³/mol. The molecule has 0 bridgehead atoms. The third-order valence-electron chi connectivity index (χ3n) is 3.55. The molecule has 0 aliphatic rings. The molecule has 0 spiro atoms. The van der Waals surface area contributed by atoms with E-state index in [1.54, 1.807) is 0 Å². The molecule has 0 unspecified atom stereocenters. The van der Waals surface area contributed by atoms with Gasteiger partial charge >= 0.3 is 23.9 Å². The smallest absolute Gasteiger partial charge is 0.336 e. The molecular formula is C18H12O8. The first kappa shape index (κ1) is 18.4. The molecule has 2 rings (SSSR count). The van der Waals surface area contributed by atoms with Gasteiger partial charge < -0.3 is 20.4 Å². The molecule has 8 heteroatoms. The van der Waals surface area contributed by atoms with Gasteiger partial charge in [-0.05, 0) is 24.3 Å². The summed E-state index contributed by atoms with van der Waals surface area (Å²) in [7, 11) is 0. The van der Waals surface area contributed by atoms with Gasteiger partial charge in [-0.1, -0.05) is 24.3 Å². The molecule has 0 atom stereocenters. The lowest BCUT2D eigenvalue weighted by Crippen LogP contribution is -2.08. The Morgan fingerprint density at radius 3 is 0.962 bits per heavy atom. The highest BCUT2D eigenvalue weighted by molar-refractivity contribution is 6.04. The summed E-state index contributed by atoms with van der Waals surface area (Å²) in [5, 5.41) is 37.0. The van der Waals surface area contributed by atoms with Crippen LogP contribution in [0.15, 0.2) is 36.4 Å². The van der Waals surface area contributed by atoms with Gasteiger partial charge in [0.1, 0.15) is 0 Å². The summed E-state index contributed by atoms with van der Waals surface area (Å²) < 4.78 is 0. The summed E-state index contributed by atoms with van der Waals surface area (Å²) in [6.45, 7) is 0. The molecule has 132 valence electrons. The third kappa shape index (κ3) is 3.59. The van der Waals surface area contributed by atoms with Crippen LogP contribution in [-0.4, -0.2) is 44.3 Å². The normalized spacial score (nSPS) is 10.6. The highest BCUT2D eigenvalue weighted by Gasteiger charge is 2.19. The lowest BCUT2D eigenvalue weighted by Gasteiger charge is -2.08. The van der Waals surface area contributed by atoms with Gasteiger partial charge in [-0.2, -0.15) is 0 Å². The molecule has 0 fully saturated rings. The topological polar surface area (TPSA) is 149 Å². The van der Waals surface area contributed by atoms with E-state index in [2.05, 4.69) is 0 Å². The van der Waals surface area contributed by atoms with Crippen molar-refractivity contribution in [3.05, 3.63) is 69.8 Å². The third-order valence-corrected chi connectivity index (χ3v) is 3.55. The van der Waals surface area contributed by atoms with Gasteiger partial charge in [-0.15, -0.1) is 0 Å². The average molecular weight is 356 g/mol. The van der Waals surface area contributed by atoms with E-state index < -0.39 is 23.9 Å². The zero-order valence-electron chi connectivity index (χ0n) is 13.0. The Balaban J connectivity index is 2.72. The Labute approximate surface area is 146 Å². The second-order valence-electron chi connectivity index (χ2n) is 5.09. The molecule has 26 heavy (non-hydrogen) atoms. The number of hydrogen-bond acceptors (Lipinski definition) is 4. The molecule has 4 N–H and O–H groups in total. The molecule has 0 aliphatic heterocycles. The van der Waals surface area contributed by atoms with E-state index >= 15 is 0 Å². The maximum atomic E-state index is 11.3. The zero-order chi connectivity index (χ0) is 19.4. The van der Waals surface area contributed by atoms with E-state index in [0.717, 1.165) is 12.2 Å². The standard InChI is InChI=1S/C18H12O8/c19-15(20)11-3-1-4-12(16(21)22)9(11)7-8-10-13(17(23)24)5-2-6-14(10)18(25)26/h1-8H,(H,19,20)(H,21,22)(H,23,24)(H,25,26)/b8-7-. The van der Waals surface area contributed by atoms with Crippen LogP contribution >= 0.6 is 0 Å².